The van der Waals surface area contributed by atoms with Gasteiger partial charge in [0.2, 0.25) is 11.8 Å². The number of rotatable bonds is 12. The van der Waals surface area contributed by atoms with Gasteiger partial charge in [0, 0.05) is 30.5 Å². The van der Waals surface area contributed by atoms with E-state index < -0.39 is 6.29 Å². The molecular weight excluding hydrogens is 617 g/mol. The second-order valence-electron chi connectivity index (χ2n) is 10.8. The van der Waals surface area contributed by atoms with Crippen molar-refractivity contribution in [2.24, 2.45) is 0 Å². The molecule has 45 heavy (non-hydrogen) atoms. The van der Waals surface area contributed by atoms with Gasteiger partial charge in [-0.05, 0) is 48.2 Å². The van der Waals surface area contributed by atoms with Crippen molar-refractivity contribution in [3.05, 3.63) is 106 Å². The zero-order valence-electron chi connectivity index (χ0n) is 24.5. The second kappa shape index (κ2) is 15.4. The van der Waals surface area contributed by atoms with Gasteiger partial charge in [-0.15, -0.1) is 0 Å². The molecule has 12 heteroatoms. The molecule has 0 aliphatic carbocycles. The number of unbranched alkanes of at least 4 members (excludes halogenated alkanes) is 1. The van der Waals surface area contributed by atoms with E-state index in [9.17, 15) is 14.7 Å². The van der Waals surface area contributed by atoms with Crippen LogP contribution in [0.25, 0.3) is 0 Å². The number of aliphatic hydroxyl groups is 1. The molecule has 10 nitrogen and oxygen atoms in total. The van der Waals surface area contributed by atoms with Crippen LogP contribution in [0.15, 0.2) is 79.1 Å². The van der Waals surface area contributed by atoms with Gasteiger partial charge in [-0.25, -0.2) is 4.98 Å². The molecule has 0 radical (unpaired) electrons. The van der Waals surface area contributed by atoms with Crippen molar-refractivity contribution in [1.29, 1.82) is 0 Å². The normalized spacial score (nSPS) is 18.0. The van der Waals surface area contributed by atoms with E-state index in [1.54, 1.807) is 47.3 Å². The monoisotopic (exact) mass is 651 g/mol. The number of hydrogen-bond acceptors (Lipinski definition) is 7. The molecule has 1 fully saturated rings. The SMILES string of the molecule is Nc1ccccc1NC(=O)CCCCC(=O)Nc1ccc([C@H]2O[C@@H](Cn3cnc(Cl)c3Cl)C[C@@H](c3ccc(CO)cc3)O2)cc1. The number of amides is 2. The Morgan fingerprint density at radius 2 is 1.58 bits per heavy atom. The highest BCUT2D eigenvalue weighted by Crippen LogP contribution is 2.39. The lowest BCUT2D eigenvalue weighted by atomic mass is 10.00. The number of aromatic nitrogens is 2. The summed E-state index contributed by atoms with van der Waals surface area (Å²) in [6, 6.07) is 22.0. The highest BCUT2D eigenvalue weighted by molar-refractivity contribution is 6.40. The van der Waals surface area contributed by atoms with Crippen molar-refractivity contribution in [3.63, 3.8) is 0 Å². The zero-order chi connectivity index (χ0) is 31.8. The Labute approximate surface area is 271 Å². The molecule has 0 unspecified atom stereocenters. The molecule has 236 valence electrons. The maximum atomic E-state index is 12.5. The first-order chi connectivity index (χ1) is 21.8. The molecule has 3 aromatic carbocycles. The summed E-state index contributed by atoms with van der Waals surface area (Å²) < 4.78 is 14.5. The highest BCUT2D eigenvalue weighted by atomic mass is 35.5. The number of carbonyl (C=O) groups excluding carboxylic acids is 2. The number of para-hydroxylation sites is 2. The van der Waals surface area contributed by atoms with Gasteiger partial charge in [-0.2, -0.15) is 0 Å². The Kier molecular flexibility index (Phi) is 11.1. The minimum absolute atomic E-state index is 0.0369. The molecule has 0 bridgehead atoms. The van der Waals surface area contributed by atoms with Gasteiger partial charge in [-0.1, -0.05) is 71.7 Å². The van der Waals surface area contributed by atoms with Crippen LogP contribution in [-0.4, -0.2) is 32.6 Å². The van der Waals surface area contributed by atoms with E-state index >= 15 is 0 Å². The molecule has 1 aromatic heterocycles. The van der Waals surface area contributed by atoms with E-state index in [2.05, 4.69) is 15.6 Å². The first kappa shape index (κ1) is 32.5. The molecule has 5 N–H and O–H groups in total. The number of nitrogens with two attached hydrogens (primary N) is 1. The summed E-state index contributed by atoms with van der Waals surface area (Å²) in [5.41, 5.74) is 10.2. The van der Waals surface area contributed by atoms with E-state index in [0.717, 1.165) is 16.7 Å². The van der Waals surface area contributed by atoms with Crippen LogP contribution in [0.4, 0.5) is 17.1 Å². The Morgan fingerprint density at radius 1 is 0.911 bits per heavy atom. The number of anilines is 3. The average molecular weight is 653 g/mol. The average Bonchev–Trinajstić information content (AvgIpc) is 3.36. The third-order valence-corrected chi connectivity index (χ3v) is 8.28. The number of benzene rings is 3. The van der Waals surface area contributed by atoms with Crippen LogP contribution in [0.5, 0.6) is 0 Å². The van der Waals surface area contributed by atoms with E-state index in [4.69, 9.17) is 38.4 Å². The summed E-state index contributed by atoms with van der Waals surface area (Å²) in [6.45, 7) is 0.393. The lowest BCUT2D eigenvalue weighted by Crippen LogP contribution is -2.32. The van der Waals surface area contributed by atoms with Crippen LogP contribution < -0.4 is 16.4 Å². The van der Waals surface area contributed by atoms with Crippen molar-refractivity contribution < 1.29 is 24.2 Å². The standard InChI is InChI=1S/C33H35Cl2N5O5/c34-31-32(35)40(20-37-31)18-25-17-28(22-11-9-21(19-41)10-12-22)45-33(44-25)23-13-15-24(16-14-23)38-29(42)7-3-4-8-30(43)39-27-6-2-1-5-26(27)36/h1-2,5-6,9-16,20,25,28,33,41H,3-4,7-8,17-19,36H2,(H,38,42)(H,39,43)/t25-,28+,33+/m1/s1. The third kappa shape index (κ3) is 8.84. The highest BCUT2D eigenvalue weighted by Gasteiger charge is 2.33. The van der Waals surface area contributed by atoms with Gasteiger partial charge < -0.3 is 35.5 Å². The van der Waals surface area contributed by atoms with Gasteiger partial charge in [0.15, 0.2) is 11.4 Å². The Hall–Kier alpha value is -3.93. The largest absolute Gasteiger partial charge is 0.397 e. The van der Waals surface area contributed by atoms with Crippen molar-refractivity contribution >= 4 is 52.1 Å². The summed E-state index contributed by atoms with van der Waals surface area (Å²) in [5.74, 6) is -0.275. The molecular formula is C33H35Cl2N5O5. The summed E-state index contributed by atoms with van der Waals surface area (Å²) in [6.07, 6.45) is 2.66. The number of nitrogen functional groups attached to an aromatic ring is 1. The molecule has 1 aliphatic rings. The number of aliphatic hydroxyl groups excluding tert-OH is 1. The third-order valence-electron chi connectivity index (χ3n) is 7.51. The maximum absolute atomic E-state index is 12.5. The number of imidazole rings is 1. The zero-order valence-corrected chi connectivity index (χ0v) is 26.0. The van der Waals surface area contributed by atoms with Crippen molar-refractivity contribution in [2.45, 2.75) is 63.8 Å². The first-order valence-electron chi connectivity index (χ1n) is 14.7. The van der Waals surface area contributed by atoms with E-state index in [-0.39, 0.29) is 42.2 Å². The van der Waals surface area contributed by atoms with E-state index in [1.807, 2.05) is 36.4 Å². The number of nitrogens with zero attached hydrogens (tertiary/aromatic N) is 2. The topological polar surface area (TPSA) is 141 Å². The van der Waals surface area contributed by atoms with Gasteiger partial charge in [-0.3, -0.25) is 9.59 Å². The van der Waals surface area contributed by atoms with Gasteiger partial charge in [0.05, 0.1) is 43.1 Å². The Morgan fingerprint density at radius 3 is 2.22 bits per heavy atom. The lowest BCUT2D eigenvalue weighted by molar-refractivity contribution is -0.252. The number of halogens is 2. The minimum Gasteiger partial charge on any atom is -0.397 e. The molecule has 3 atom stereocenters. The van der Waals surface area contributed by atoms with Crippen LogP contribution in [-0.2, 0) is 32.2 Å². The maximum Gasteiger partial charge on any atom is 0.224 e. The van der Waals surface area contributed by atoms with Crippen molar-refractivity contribution in [3.8, 4) is 0 Å². The van der Waals surface area contributed by atoms with Crippen LogP contribution in [0.1, 0.15) is 61.2 Å². The summed E-state index contributed by atoms with van der Waals surface area (Å²) in [5, 5.41) is 15.7. The fraction of sp³-hybridized carbons (Fsp3) is 0.303. The number of nitrogens with one attached hydrogen (secondary N) is 2. The number of hydrogen-bond donors (Lipinski definition) is 4. The molecule has 2 heterocycles. The van der Waals surface area contributed by atoms with Crippen LogP contribution in [0.2, 0.25) is 10.3 Å². The molecule has 0 saturated carbocycles. The van der Waals surface area contributed by atoms with Crippen molar-refractivity contribution in [2.75, 3.05) is 16.4 Å². The summed E-state index contributed by atoms with van der Waals surface area (Å²) in [4.78, 5) is 28.8. The van der Waals surface area contributed by atoms with E-state index in [0.29, 0.717) is 54.4 Å². The second-order valence-corrected chi connectivity index (χ2v) is 11.6. The fourth-order valence-electron chi connectivity index (χ4n) is 5.06. The smallest absolute Gasteiger partial charge is 0.224 e. The molecule has 0 spiro atoms. The molecule has 5 rings (SSSR count). The first-order valence-corrected chi connectivity index (χ1v) is 15.5. The lowest BCUT2D eigenvalue weighted by Gasteiger charge is -2.36. The molecule has 1 saturated heterocycles. The fourth-order valence-corrected chi connectivity index (χ4v) is 5.38. The predicted molar refractivity (Wildman–Crippen MR) is 174 cm³/mol. The summed E-state index contributed by atoms with van der Waals surface area (Å²) >= 11 is 12.4. The van der Waals surface area contributed by atoms with Crippen molar-refractivity contribution in [1.82, 2.24) is 9.55 Å². The Bertz CT molecular complexity index is 1600. The predicted octanol–water partition coefficient (Wildman–Crippen LogP) is 6.65. The van der Waals surface area contributed by atoms with Gasteiger partial charge in [0.1, 0.15) is 5.15 Å². The minimum atomic E-state index is -0.675. The van der Waals surface area contributed by atoms with Crippen LogP contribution in [0, 0.1) is 0 Å². The van der Waals surface area contributed by atoms with Crippen LogP contribution >= 0.6 is 23.2 Å². The quantitative estimate of drug-likeness (QED) is 0.0993. The van der Waals surface area contributed by atoms with Crippen LogP contribution in [0.3, 0.4) is 0 Å². The molecule has 2 amide bonds. The van der Waals surface area contributed by atoms with Gasteiger partial charge >= 0.3 is 0 Å². The number of ether oxygens (including phenoxy) is 2. The Balaban J connectivity index is 1.15. The number of carbonyl (C=O) groups is 2. The van der Waals surface area contributed by atoms with E-state index in [1.165, 1.54) is 0 Å². The summed E-state index contributed by atoms with van der Waals surface area (Å²) in [7, 11) is 0. The molecule has 4 aromatic rings. The van der Waals surface area contributed by atoms with Gasteiger partial charge in [0.25, 0.3) is 0 Å². The molecule has 1 aliphatic heterocycles.